The summed E-state index contributed by atoms with van der Waals surface area (Å²) in [6, 6.07) is 9.49. The van der Waals surface area contributed by atoms with Crippen LogP contribution in [0.3, 0.4) is 0 Å². The Balaban J connectivity index is 1.95. The second-order valence-corrected chi connectivity index (χ2v) is 5.67. The van der Waals surface area contributed by atoms with Crippen LogP contribution >= 0.6 is 22.6 Å². The van der Waals surface area contributed by atoms with Crippen molar-refractivity contribution in [2.24, 2.45) is 0 Å². The highest BCUT2D eigenvalue weighted by molar-refractivity contribution is 14.1. The fourth-order valence-corrected chi connectivity index (χ4v) is 2.43. The first-order chi connectivity index (χ1) is 10.2. The summed E-state index contributed by atoms with van der Waals surface area (Å²) in [5, 5.41) is 9.84. The molecule has 2 aromatic rings. The molecule has 0 aliphatic heterocycles. The minimum Gasteiger partial charge on any atom is -0.497 e. The standard InChI is InChI=1S/C15H18IN3O2/c1-21-12-7-5-11(6-8-12)13-10-14(19-18-13)17-15(20)4-2-3-9-16/h5-8,10H,2-4,9H2,1H3,(H2,17,18,19,20). The quantitative estimate of drug-likeness (QED) is 0.425. The van der Waals surface area contributed by atoms with E-state index in [1.165, 1.54) is 0 Å². The molecular weight excluding hydrogens is 381 g/mol. The van der Waals surface area contributed by atoms with E-state index in [1.807, 2.05) is 30.3 Å². The number of amides is 1. The number of benzene rings is 1. The van der Waals surface area contributed by atoms with Crippen LogP contribution in [0.25, 0.3) is 11.3 Å². The fraction of sp³-hybridized carbons (Fsp3) is 0.333. The summed E-state index contributed by atoms with van der Waals surface area (Å²) in [4.78, 5) is 11.7. The van der Waals surface area contributed by atoms with Crippen molar-refractivity contribution in [1.82, 2.24) is 10.2 Å². The Morgan fingerprint density at radius 2 is 2.10 bits per heavy atom. The summed E-state index contributed by atoms with van der Waals surface area (Å²) in [7, 11) is 1.64. The third kappa shape index (κ3) is 4.73. The van der Waals surface area contributed by atoms with Crippen molar-refractivity contribution in [1.29, 1.82) is 0 Å². The van der Waals surface area contributed by atoms with Gasteiger partial charge in [0.05, 0.1) is 12.8 Å². The largest absolute Gasteiger partial charge is 0.497 e. The number of rotatable bonds is 7. The zero-order valence-electron chi connectivity index (χ0n) is 11.9. The molecule has 1 heterocycles. The highest BCUT2D eigenvalue weighted by atomic mass is 127. The zero-order valence-corrected chi connectivity index (χ0v) is 14.0. The summed E-state index contributed by atoms with van der Waals surface area (Å²) in [5.41, 5.74) is 1.86. The molecule has 0 atom stereocenters. The van der Waals surface area contributed by atoms with Gasteiger partial charge in [0.15, 0.2) is 5.82 Å². The normalized spacial score (nSPS) is 10.4. The van der Waals surface area contributed by atoms with E-state index in [-0.39, 0.29) is 5.91 Å². The van der Waals surface area contributed by atoms with Crippen LogP contribution in [0, 0.1) is 0 Å². The van der Waals surface area contributed by atoms with Crippen LogP contribution in [0.5, 0.6) is 5.75 Å². The number of anilines is 1. The summed E-state index contributed by atoms with van der Waals surface area (Å²) < 4.78 is 6.20. The van der Waals surface area contributed by atoms with E-state index in [0.29, 0.717) is 12.2 Å². The summed E-state index contributed by atoms with van der Waals surface area (Å²) in [5.74, 6) is 1.37. The number of H-pyrrole nitrogens is 1. The van der Waals surface area contributed by atoms with Crippen molar-refractivity contribution in [2.45, 2.75) is 19.3 Å². The van der Waals surface area contributed by atoms with Gasteiger partial charge >= 0.3 is 0 Å². The van der Waals surface area contributed by atoms with Crippen molar-refractivity contribution in [2.75, 3.05) is 16.9 Å². The van der Waals surface area contributed by atoms with E-state index in [4.69, 9.17) is 4.74 Å². The summed E-state index contributed by atoms with van der Waals surface area (Å²) in [6.45, 7) is 0. The molecule has 1 amide bonds. The van der Waals surface area contributed by atoms with Gasteiger partial charge in [-0.25, -0.2) is 0 Å². The molecule has 0 saturated carbocycles. The molecule has 2 rings (SSSR count). The fourth-order valence-electron chi connectivity index (χ4n) is 1.89. The molecule has 1 aromatic carbocycles. The maximum Gasteiger partial charge on any atom is 0.225 e. The molecule has 1 aromatic heterocycles. The number of unbranched alkanes of at least 4 members (excludes halogenated alkanes) is 1. The van der Waals surface area contributed by atoms with Crippen molar-refractivity contribution in [3.05, 3.63) is 30.3 Å². The van der Waals surface area contributed by atoms with E-state index in [0.717, 1.165) is 34.3 Å². The molecule has 2 N–H and O–H groups in total. The molecule has 112 valence electrons. The van der Waals surface area contributed by atoms with Gasteiger partial charge in [-0.2, -0.15) is 5.10 Å². The average Bonchev–Trinajstić information content (AvgIpc) is 2.96. The van der Waals surface area contributed by atoms with Crippen LogP contribution in [-0.2, 0) is 4.79 Å². The Bertz CT molecular complexity index is 581. The minimum atomic E-state index is 0.00707. The smallest absolute Gasteiger partial charge is 0.225 e. The second kappa shape index (κ2) is 8.02. The third-order valence-corrected chi connectivity index (χ3v) is 3.80. The lowest BCUT2D eigenvalue weighted by molar-refractivity contribution is -0.116. The van der Waals surface area contributed by atoms with Crippen molar-refractivity contribution in [3.63, 3.8) is 0 Å². The van der Waals surface area contributed by atoms with Crippen molar-refractivity contribution < 1.29 is 9.53 Å². The number of nitrogens with zero attached hydrogens (tertiary/aromatic N) is 1. The number of halogens is 1. The molecule has 0 aliphatic carbocycles. The van der Waals surface area contributed by atoms with Gasteiger partial charge in [0.1, 0.15) is 5.75 Å². The van der Waals surface area contributed by atoms with Crippen LogP contribution in [0.1, 0.15) is 19.3 Å². The van der Waals surface area contributed by atoms with E-state index in [2.05, 4.69) is 38.1 Å². The maximum absolute atomic E-state index is 11.7. The van der Waals surface area contributed by atoms with Gasteiger partial charge in [-0.3, -0.25) is 9.89 Å². The minimum absolute atomic E-state index is 0.00707. The van der Waals surface area contributed by atoms with Crippen LogP contribution < -0.4 is 10.1 Å². The third-order valence-electron chi connectivity index (χ3n) is 3.03. The molecule has 0 fully saturated rings. The first-order valence-electron chi connectivity index (χ1n) is 6.78. The Morgan fingerprint density at radius 3 is 2.76 bits per heavy atom. The van der Waals surface area contributed by atoms with Gasteiger partial charge in [-0.15, -0.1) is 0 Å². The monoisotopic (exact) mass is 399 g/mol. The Hall–Kier alpha value is -1.57. The number of aromatic amines is 1. The number of ether oxygens (including phenoxy) is 1. The molecule has 0 aliphatic rings. The molecule has 0 bridgehead atoms. The Labute approximate surface area is 137 Å². The topological polar surface area (TPSA) is 67.0 Å². The van der Waals surface area contributed by atoms with Gasteiger partial charge in [-0.1, -0.05) is 22.6 Å². The summed E-state index contributed by atoms with van der Waals surface area (Å²) in [6.07, 6.45) is 2.50. The first kappa shape index (κ1) is 15.8. The van der Waals surface area contributed by atoms with Gasteiger partial charge in [0.2, 0.25) is 5.91 Å². The van der Waals surface area contributed by atoms with Gasteiger partial charge < -0.3 is 10.1 Å². The number of hydrogen-bond acceptors (Lipinski definition) is 3. The number of methoxy groups -OCH3 is 1. The molecule has 5 nitrogen and oxygen atoms in total. The van der Waals surface area contributed by atoms with Crippen molar-refractivity contribution >= 4 is 34.3 Å². The molecular formula is C15H18IN3O2. The second-order valence-electron chi connectivity index (χ2n) is 4.59. The average molecular weight is 399 g/mol. The van der Waals surface area contributed by atoms with Gasteiger partial charge in [0, 0.05) is 12.5 Å². The number of carbonyl (C=O) groups is 1. The molecule has 0 unspecified atom stereocenters. The number of nitrogens with one attached hydrogen (secondary N) is 2. The van der Waals surface area contributed by atoms with Crippen molar-refractivity contribution in [3.8, 4) is 17.0 Å². The number of hydrogen-bond donors (Lipinski definition) is 2. The number of aromatic nitrogens is 2. The number of alkyl halides is 1. The van der Waals surface area contributed by atoms with Crippen LogP contribution in [-0.4, -0.2) is 27.6 Å². The van der Waals surface area contributed by atoms with Gasteiger partial charge in [0.25, 0.3) is 0 Å². The lowest BCUT2D eigenvalue weighted by Gasteiger charge is -2.01. The summed E-state index contributed by atoms with van der Waals surface area (Å²) >= 11 is 2.31. The van der Waals surface area contributed by atoms with Crippen LogP contribution in [0.4, 0.5) is 5.82 Å². The predicted molar refractivity (Wildman–Crippen MR) is 91.9 cm³/mol. The van der Waals surface area contributed by atoms with E-state index in [9.17, 15) is 4.79 Å². The van der Waals surface area contributed by atoms with E-state index < -0.39 is 0 Å². The van der Waals surface area contributed by atoms with Gasteiger partial charge in [-0.05, 0) is 47.1 Å². The lowest BCUT2D eigenvalue weighted by atomic mass is 10.1. The lowest BCUT2D eigenvalue weighted by Crippen LogP contribution is -2.11. The molecule has 0 spiro atoms. The maximum atomic E-state index is 11.7. The molecule has 21 heavy (non-hydrogen) atoms. The van der Waals surface area contributed by atoms with Crippen LogP contribution in [0.2, 0.25) is 0 Å². The highest BCUT2D eigenvalue weighted by Gasteiger charge is 2.07. The predicted octanol–water partition coefficient (Wildman–Crippen LogP) is 3.63. The zero-order chi connectivity index (χ0) is 15.1. The number of carbonyl (C=O) groups excluding carboxylic acids is 1. The Morgan fingerprint density at radius 1 is 1.33 bits per heavy atom. The molecule has 6 heteroatoms. The molecule has 0 radical (unpaired) electrons. The van der Waals surface area contributed by atoms with Crippen LogP contribution in [0.15, 0.2) is 30.3 Å². The highest BCUT2D eigenvalue weighted by Crippen LogP contribution is 2.22. The SMILES string of the molecule is COc1ccc(-c2cc(NC(=O)CCCCI)n[nH]2)cc1. The molecule has 0 saturated heterocycles. The van der Waals surface area contributed by atoms with E-state index >= 15 is 0 Å². The van der Waals surface area contributed by atoms with E-state index in [1.54, 1.807) is 7.11 Å². The Kier molecular flexibility index (Phi) is 6.04. The first-order valence-corrected chi connectivity index (χ1v) is 8.31.